The summed E-state index contributed by atoms with van der Waals surface area (Å²) < 4.78 is 17.7. The number of aryl methyl sites for hydroxylation is 1. The Morgan fingerprint density at radius 2 is 1.93 bits per heavy atom. The summed E-state index contributed by atoms with van der Waals surface area (Å²) in [6.45, 7) is 3.62. The molecular formula is C30H33ClN2O8S. The van der Waals surface area contributed by atoms with Crippen LogP contribution in [0.1, 0.15) is 58.6 Å². The van der Waals surface area contributed by atoms with Crippen molar-refractivity contribution >= 4 is 46.3 Å². The minimum absolute atomic E-state index is 0.0828. The number of hydrogen-bond donors (Lipinski definition) is 2. The lowest BCUT2D eigenvalue weighted by molar-refractivity contribution is -0.137. The number of nitrogens with zero attached hydrogens (tertiary/aromatic N) is 2. The molecule has 0 saturated carbocycles. The fraction of sp³-hybridized carbons (Fsp3) is 0.400. The van der Waals surface area contributed by atoms with Gasteiger partial charge in [0.1, 0.15) is 12.2 Å². The smallest absolute Gasteiger partial charge is 0.303 e. The maximum Gasteiger partial charge on any atom is 0.303 e. The van der Waals surface area contributed by atoms with E-state index in [2.05, 4.69) is 4.98 Å². The Balaban J connectivity index is 1.80. The third-order valence-electron chi connectivity index (χ3n) is 6.88. The van der Waals surface area contributed by atoms with Crippen LogP contribution in [0.5, 0.6) is 11.5 Å². The topological polar surface area (TPSA) is 135 Å². The first kappa shape index (κ1) is 31.4. The number of aliphatic carboxylic acids is 1. The third kappa shape index (κ3) is 6.92. The quantitative estimate of drug-likeness (QED) is 0.271. The number of ether oxygens (including phenoxy) is 3. The molecule has 42 heavy (non-hydrogen) atoms. The van der Waals surface area contributed by atoms with Crippen molar-refractivity contribution < 1.29 is 38.8 Å². The van der Waals surface area contributed by atoms with E-state index in [1.807, 2.05) is 13.8 Å². The first-order valence-corrected chi connectivity index (χ1v) is 14.4. The zero-order valence-electron chi connectivity index (χ0n) is 23.8. The van der Waals surface area contributed by atoms with Crippen molar-refractivity contribution in [3.63, 3.8) is 0 Å². The van der Waals surface area contributed by atoms with E-state index in [4.69, 9.17) is 30.9 Å². The van der Waals surface area contributed by atoms with E-state index in [1.165, 1.54) is 25.3 Å². The Morgan fingerprint density at radius 3 is 2.60 bits per heavy atom. The van der Waals surface area contributed by atoms with Gasteiger partial charge in [0.25, 0.3) is 5.91 Å². The van der Waals surface area contributed by atoms with Crippen molar-refractivity contribution in [1.29, 1.82) is 0 Å². The van der Waals surface area contributed by atoms with Gasteiger partial charge >= 0.3 is 5.97 Å². The molecule has 0 aliphatic carbocycles. The van der Waals surface area contributed by atoms with Crippen LogP contribution in [0.2, 0.25) is 5.02 Å². The zero-order chi connectivity index (χ0) is 30.6. The number of ketones is 1. The van der Waals surface area contributed by atoms with Gasteiger partial charge in [-0.1, -0.05) is 37.6 Å². The number of carbonyl (C=O) groups excluding carboxylic acids is 2. The average molecular weight is 617 g/mol. The number of methoxy groups -OCH3 is 2. The number of aromatic nitrogens is 1. The van der Waals surface area contributed by atoms with Crippen LogP contribution in [0.3, 0.4) is 0 Å². The van der Waals surface area contributed by atoms with Crippen molar-refractivity contribution in [3.8, 4) is 11.5 Å². The van der Waals surface area contributed by atoms with Gasteiger partial charge < -0.3 is 29.3 Å². The Labute approximate surface area is 252 Å². The van der Waals surface area contributed by atoms with Crippen LogP contribution >= 0.6 is 22.9 Å². The summed E-state index contributed by atoms with van der Waals surface area (Å²) in [6.07, 6.45) is -0.780. The molecule has 12 heteroatoms. The molecule has 0 spiro atoms. The molecule has 0 radical (unpaired) electrons. The number of aliphatic hydroxyl groups excluding tert-OH is 1. The minimum atomic E-state index is -1.23. The maximum absolute atomic E-state index is 14.2. The lowest BCUT2D eigenvalue weighted by Gasteiger charge is -2.32. The summed E-state index contributed by atoms with van der Waals surface area (Å²) in [6, 6.07) is 10.4. The second-order valence-electron chi connectivity index (χ2n) is 10.7. The lowest BCUT2D eigenvalue weighted by atomic mass is 9.92. The fourth-order valence-electron chi connectivity index (χ4n) is 4.74. The van der Waals surface area contributed by atoms with Crippen LogP contribution < -0.4 is 14.4 Å². The molecule has 3 aromatic rings. The number of anilines is 1. The van der Waals surface area contributed by atoms with E-state index in [1.54, 1.807) is 36.4 Å². The number of fused-ring (bicyclic) bond motifs is 1. The third-order valence-corrected chi connectivity index (χ3v) is 8.22. The Kier molecular flexibility index (Phi) is 9.88. The Morgan fingerprint density at radius 1 is 1.17 bits per heavy atom. The monoisotopic (exact) mass is 616 g/mol. The molecule has 0 saturated heterocycles. The number of carboxylic acids is 1. The molecule has 0 bridgehead atoms. The number of Topliss-reactive ketones (excluding diaryl/α,β-unsaturated/α-hetero) is 1. The maximum atomic E-state index is 14.2. The molecule has 2 atom stereocenters. The largest absolute Gasteiger partial charge is 0.493 e. The van der Waals surface area contributed by atoms with Crippen molar-refractivity contribution in [2.75, 3.05) is 32.3 Å². The molecule has 2 aromatic carbocycles. The van der Waals surface area contributed by atoms with Gasteiger partial charge in [-0.05, 0) is 30.7 Å². The number of carbonyl (C=O) groups is 3. The van der Waals surface area contributed by atoms with Crippen molar-refractivity contribution in [2.45, 2.75) is 45.3 Å². The highest BCUT2D eigenvalue weighted by atomic mass is 35.5. The second kappa shape index (κ2) is 13.2. The van der Waals surface area contributed by atoms with E-state index in [-0.39, 0.29) is 37.4 Å². The molecule has 1 aliphatic heterocycles. The average Bonchev–Trinajstić information content (AvgIpc) is 3.42. The van der Waals surface area contributed by atoms with Crippen LogP contribution in [0.15, 0.2) is 42.6 Å². The Hall–Kier alpha value is -3.51. The SMILES string of the molecule is COc1cccc([C@H]2O[C@H](CC(=O)c3ncc(CCC(=O)O)s3)C(=O)N(CC(C)(C)CO)c3ccc(Cl)cc32)c1OC. The van der Waals surface area contributed by atoms with Crippen LogP contribution in [0, 0.1) is 5.41 Å². The predicted molar refractivity (Wildman–Crippen MR) is 158 cm³/mol. The van der Waals surface area contributed by atoms with E-state index in [9.17, 15) is 19.5 Å². The van der Waals surface area contributed by atoms with Gasteiger partial charge in [-0.15, -0.1) is 11.3 Å². The van der Waals surface area contributed by atoms with Gasteiger partial charge in [0.2, 0.25) is 0 Å². The summed E-state index contributed by atoms with van der Waals surface area (Å²) in [5.41, 5.74) is 1.000. The van der Waals surface area contributed by atoms with Crippen LogP contribution in [-0.4, -0.2) is 66.3 Å². The molecular weight excluding hydrogens is 584 g/mol. The zero-order valence-corrected chi connectivity index (χ0v) is 25.3. The van der Waals surface area contributed by atoms with Crippen LogP contribution in [0.25, 0.3) is 0 Å². The lowest BCUT2D eigenvalue weighted by Crippen LogP contribution is -2.45. The van der Waals surface area contributed by atoms with Gasteiger partial charge in [-0.2, -0.15) is 0 Å². The molecule has 0 fully saturated rings. The first-order valence-electron chi connectivity index (χ1n) is 13.3. The number of carboxylic acid groups (broad SMARTS) is 1. The number of thiazole rings is 1. The normalized spacial score (nSPS) is 17.0. The van der Waals surface area contributed by atoms with Gasteiger partial charge in [0, 0.05) is 57.9 Å². The van der Waals surface area contributed by atoms with Gasteiger partial charge in [-0.3, -0.25) is 14.4 Å². The number of amides is 1. The van der Waals surface area contributed by atoms with E-state index in [0.717, 1.165) is 11.3 Å². The van der Waals surface area contributed by atoms with E-state index >= 15 is 0 Å². The van der Waals surface area contributed by atoms with E-state index < -0.39 is 35.3 Å². The number of rotatable bonds is 12. The molecule has 1 amide bonds. The molecule has 0 unspecified atom stereocenters. The number of halogens is 1. The highest BCUT2D eigenvalue weighted by Crippen LogP contribution is 2.45. The molecule has 2 N–H and O–H groups in total. The Bertz CT molecular complexity index is 1470. The molecule has 1 aromatic heterocycles. The summed E-state index contributed by atoms with van der Waals surface area (Å²) in [5, 5.41) is 19.6. The standard InChI is InChI=1S/C30H33ClN2O8S/c1-30(2,16-34)15-33-21-10-8-17(31)12-20(21)26(19-6-5-7-23(39-3)27(19)40-4)41-24(29(33)38)13-22(35)28-32-14-18(42-28)9-11-25(36)37/h5-8,10,12,14,24,26,34H,9,11,13,15-16H2,1-4H3,(H,36,37)/t24-,26-/m1/s1. The molecule has 224 valence electrons. The molecule has 10 nitrogen and oxygen atoms in total. The van der Waals surface area contributed by atoms with Crippen LogP contribution in [0.4, 0.5) is 5.69 Å². The number of aliphatic hydroxyl groups is 1. The van der Waals surface area contributed by atoms with Gasteiger partial charge in [-0.25, -0.2) is 4.98 Å². The highest BCUT2D eigenvalue weighted by molar-refractivity contribution is 7.13. The fourth-order valence-corrected chi connectivity index (χ4v) is 5.78. The minimum Gasteiger partial charge on any atom is -0.493 e. The van der Waals surface area contributed by atoms with Gasteiger partial charge in [0.05, 0.1) is 20.6 Å². The van der Waals surface area contributed by atoms with Gasteiger partial charge in [0.15, 0.2) is 22.3 Å². The molecule has 1 aliphatic rings. The van der Waals surface area contributed by atoms with Crippen LogP contribution in [-0.2, 0) is 20.7 Å². The summed E-state index contributed by atoms with van der Waals surface area (Å²) >= 11 is 7.55. The van der Waals surface area contributed by atoms with Crippen molar-refractivity contribution in [2.24, 2.45) is 5.41 Å². The highest BCUT2D eigenvalue weighted by Gasteiger charge is 2.41. The molecule has 2 heterocycles. The number of benzene rings is 2. The summed E-state index contributed by atoms with van der Waals surface area (Å²) in [5.74, 6) is -0.957. The first-order chi connectivity index (χ1) is 20.0. The number of hydrogen-bond acceptors (Lipinski definition) is 9. The number of para-hydroxylation sites is 1. The van der Waals surface area contributed by atoms with Crippen molar-refractivity contribution in [1.82, 2.24) is 4.98 Å². The summed E-state index contributed by atoms with van der Waals surface area (Å²) in [7, 11) is 3.02. The predicted octanol–water partition coefficient (Wildman–Crippen LogP) is 4.94. The second-order valence-corrected chi connectivity index (χ2v) is 12.2. The summed E-state index contributed by atoms with van der Waals surface area (Å²) in [4.78, 5) is 45.0. The van der Waals surface area contributed by atoms with Crippen molar-refractivity contribution in [3.05, 3.63) is 68.6 Å². The molecule has 4 rings (SSSR count). The van der Waals surface area contributed by atoms with E-state index in [0.29, 0.717) is 38.2 Å².